The van der Waals surface area contributed by atoms with Gasteiger partial charge >= 0.3 is 0 Å². The minimum absolute atomic E-state index is 0.252. The van der Waals surface area contributed by atoms with E-state index in [9.17, 15) is 0 Å². The molecule has 1 rings (SSSR count). The van der Waals surface area contributed by atoms with Crippen LogP contribution in [-0.2, 0) is 4.74 Å². The van der Waals surface area contributed by atoms with Crippen LogP contribution < -0.4 is 0 Å². The van der Waals surface area contributed by atoms with E-state index in [1.807, 2.05) is 11.8 Å². The summed E-state index contributed by atoms with van der Waals surface area (Å²) in [4.78, 5) is 2.46. The minimum atomic E-state index is 0.252. The van der Waals surface area contributed by atoms with Crippen molar-refractivity contribution < 1.29 is 4.74 Å². The van der Waals surface area contributed by atoms with Gasteiger partial charge in [0.1, 0.15) is 2.88 Å². The van der Waals surface area contributed by atoms with Crippen molar-refractivity contribution in [2.75, 3.05) is 32.6 Å². The van der Waals surface area contributed by atoms with Gasteiger partial charge < -0.3 is 4.74 Å². The Balaban J connectivity index is 2.43. The fourth-order valence-corrected chi connectivity index (χ4v) is 2.02. The summed E-state index contributed by atoms with van der Waals surface area (Å²) in [7, 11) is 0. The zero-order valence-electron chi connectivity index (χ0n) is 6.97. The van der Waals surface area contributed by atoms with Crippen LogP contribution in [0.25, 0.3) is 0 Å². The highest BCUT2D eigenvalue weighted by atomic mass is 127. The van der Waals surface area contributed by atoms with Crippen LogP contribution in [0.4, 0.5) is 0 Å². The molecule has 1 fully saturated rings. The molecule has 2 nitrogen and oxygen atoms in total. The maximum Gasteiger partial charge on any atom is 0.116 e. The predicted octanol–water partition coefficient (Wildman–Crippen LogP) is 1.79. The summed E-state index contributed by atoms with van der Waals surface area (Å²) in [5.74, 6) is 0. The monoisotopic (exact) mass is 287 g/mol. The first-order chi connectivity index (χ1) is 5.17. The molecule has 11 heavy (non-hydrogen) atoms. The van der Waals surface area contributed by atoms with Crippen LogP contribution in [-0.4, -0.2) is 40.3 Å². The van der Waals surface area contributed by atoms with Crippen LogP contribution in [0, 0.1) is 0 Å². The van der Waals surface area contributed by atoms with E-state index in [2.05, 4.69) is 40.7 Å². The maximum atomic E-state index is 5.29. The number of hydrogen-bond donors (Lipinski definition) is 0. The van der Waals surface area contributed by atoms with Gasteiger partial charge in [0.2, 0.25) is 0 Å². The average Bonchev–Trinajstić information content (AvgIpc) is 2.06. The molecular weight excluding hydrogens is 273 g/mol. The van der Waals surface area contributed by atoms with Crippen molar-refractivity contribution in [3.05, 3.63) is 0 Å². The second-order valence-corrected chi connectivity index (χ2v) is 6.71. The highest BCUT2D eigenvalue weighted by molar-refractivity contribution is 14.1. The molecule has 0 amide bonds. The van der Waals surface area contributed by atoms with Crippen molar-refractivity contribution in [3.63, 3.8) is 0 Å². The molecule has 0 aliphatic carbocycles. The van der Waals surface area contributed by atoms with Crippen LogP contribution >= 0.6 is 34.4 Å². The lowest BCUT2D eigenvalue weighted by atomic mass is 10.4. The van der Waals surface area contributed by atoms with Crippen LogP contribution in [0.1, 0.15) is 6.92 Å². The van der Waals surface area contributed by atoms with Crippen molar-refractivity contribution in [2.24, 2.45) is 0 Å². The summed E-state index contributed by atoms with van der Waals surface area (Å²) in [6, 6.07) is 0. The van der Waals surface area contributed by atoms with E-state index in [0.29, 0.717) is 0 Å². The first-order valence-corrected chi connectivity index (χ1v) is 6.04. The summed E-state index contributed by atoms with van der Waals surface area (Å²) >= 11 is 4.38. The van der Waals surface area contributed by atoms with E-state index in [1.165, 1.54) is 0 Å². The van der Waals surface area contributed by atoms with Crippen molar-refractivity contribution in [1.82, 2.24) is 4.90 Å². The molecule has 1 aliphatic rings. The van der Waals surface area contributed by atoms with E-state index in [1.54, 1.807) is 0 Å². The quantitative estimate of drug-likeness (QED) is 0.436. The Morgan fingerprint density at radius 2 is 2.00 bits per heavy atom. The first kappa shape index (κ1) is 10.1. The summed E-state index contributed by atoms with van der Waals surface area (Å²) < 4.78 is 5.54. The lowest BCUT2D eigenvalue weighted by Crippen LogP contribution is -2.45. The predicted molar refractivity (Wildman–Crippen MR) is 58.3 cm³/mol. The highest BCUT2D eigenvalue weighted by Crippen LogP contribution is 2.34. The fourth-order valence-electron chi connectivity index (χ4n) is 1.09. The number of hydrogen-bond acceptors (Lipinski definition) is 3. The Morgan fingerprint density at radius 3 is 2.45 bits per heavy atom. The second-order valence-electron chi connectivity index (χ2n) is 2.67. The molecule has 0 bridgehead atoms. The van der Waals surface area contributed by atoms with Crippen LogP contribution in [0.15, 0.2) is 0 Å². The van der Waals surface area contributed by atoms with Gasteiger partial charge in [-0.25, -0.2) is 0 Å². The molecule has 0 aromatic heterocycles. The van der Waals surface area contributed by atoms with Gasteiger partial charge in [0.15, 0.2) is 0 Å². The van der Waals surface area contributed by atoms with Gasteiger partial charge in [0.25, 0.3) is 0 Å². The first-order valence-electron chi connectivity index (χ1n) is 3.73. The van der Waals surface area contributed by atoms with Crippen LogP contribution in [0.3, 0.4) is 0 Å². The third-order valence-electron chi connectivity index (χ3n) is 1.95. The lowest BCUT2D eigenvalue weighted by molar-refractivity contribution is 0.0325. The molecule has 1 heterocycles. The topological polar surface area (TPSA) is 12.5 Å². The largest absolute Gasteiger partial charge is 0.379 e. The number of halogens is 1. The summed E-state index contributed by atoms with van der Waals surface area (Å²) in [6.07, 6.45) is 2.15. The van der Waals surface area contributed by atoms with Crippen molar-refractivity contribution in [2.45, 2.75) is 9.80 Å². The standard InChI is InChI=1S/C7H14INOS/c1-7(8,11-2)9-3-5-10-6-4-9/h3-6H2,1-2H3. The summed E-state index contributed by atoms with van der Waals surface area (Å²) in [5, 5.41) is 0. The van der Waals surface area contributed by atoms with E-state index < -0.39 is 0 Å². The average molecular weight is 287 g/mol. The van der Waals surface area contributed by atoms with Gasteiger partial charge in [-0.05, 0) is 35.8 Å². The maximum absolute atomic E-state index is 5.29. The molecule has 0 saturated carbocycles. The second kappa shape index (κ2) is 4.30. The summed E-state index contributed by atoms with van der Waals surface area (Å²) in [6.45, 7) is 6.17. The molecule has 1 aliphatic heterocycles. The normalized spacial score (nSPS) is 26.5. The SMILES string of the molecule is CSC(C)(I)N1CCOCC1. The molecular formula is C7H14INOS. The lowest BCUT2D eigenvalue weighted by Gasteiger charge is -2.37. The molecule has 66 valence electrons. The zero-order valence-corrected chi connectivity index (χ0v) is 9.94. The minimum Gasteiger partial charge on any atom is -0.379 e. The molecule has 0 N–H and O–H groups in total. The van der Waals surface area contributed by atoms with Crippen molar-refractivity contribution in [1.29, 1.82) is 0 Å². The molecule has 0 aromatic rings. The summed E-state index contributed by atoms with van der Waals surface area (Å²) in [5.41, 5.74) is 0. The zero-order chi connectivity index (χ0) is 8.32. The number of thioether (sulfide) groups is 1. The fraction of sp³-hybridized carbons (Fsp3) is 1.00. The third-order valence-corrected chi connectivity index (χ3v) is 4.96. The van der Waals surface area contributed by atoms with E-state index in [4.69, 9.17) is 4.74 Å². The van der Waals surface area contributed by atoms with Crippen LogP contribution in [0.5, 0.6) is 0 Å². The van der Waals surface area contributed by atoms with Crippen molar-refractivity contribution >= 4 is 34.4 Å². The Labute approximate surface area is 86.2 Å². The van der Waals surface area contributed by atoms with Gasteiger partial charge in [-0.2, -0.15) is 0 Å². The van der Waals surface area contributed by atoms with E-state index in [0.717, 1.165) is 26.3 Å². The molecule has 1 atom stereocenters. The molecule has 0 radical (unpaired) electrons. The van der Waals surface area contributed by atoms with Gasteiger partial charge in [0.05, 0.1) is 13.2 Å². The van der Waals surface area contributed by atoms with E-state index in [-0.39, 0.29) is 2.88 Å². The molecule has 1 saturated heterocycles. The number of ether oxygens (including phenoxy) is 1. The van der Waals surface area contributed by atoms with Gasteiger partial charge in [-0.15, -0.1) is 11.8 Å². The van der Waals surface area contributed by atoms with Crippen LogP contribution in [0.2, 0.25) is 0 Å². The third kappa shape index (κ3) is 2.75. The Kier molecular flexibility index (Phi) is 3.94. The van der Waals surface area contributed by atoms with Crippen molar-refractivity contribution in [3.8, 4) is 0 Å². The molecule has 4 heteroatoms. The van der Waals surface area contributed by atoms with Gasteiger partial charge in [-0.3, -0.25) is 4.90 Å². The molecule has 0 spiro atoms. The Morgan fingerprint density at radius 1 is 1.45 bits per heavy atom. The van der Waals surface area contributed by atoms with Gasteiger partial charge in [0, 0.05) is 13.1 Å². The molecule has 0 aromatic carbocycles. The Bertz CT molecular complexity index is 126. The van der Waals surface area contributed by atoms with Gasteiger partial charge in [-0.1, -0.05) is 0 Å². The Hall–Kier alpha value is 1.00. The number of alkyl halides is 1. The number of rotatable bonds is 2. The number of morpholine rings is 1. The van der Waals surface area contributed by atoms with E-state index >= 15 is 0 Å². The number of nitrogens with zero attached hydrogens (tertiary/aromatic N) is 1. The smallest absolute Gasteiger partial charge is 0.116 e. The highest BCUT2D eigenvalue weighted by Gasteiger charge is 2.28. The molecule has 1 unspecified atom stereocenters.